The Balaban J connectivity index is 0.00000133. The minimum Gasteiger partial charge on any atom is -0.329 e. The van der Waals surface area contributed by atoms with Crippen LogP contribution >= 0.6 is 12.4 Å². The summed E-state index contributed by atoms with van der Waals surface area (Å²) in [6.45, 7) is 1.84. The topological polar surface area (TPSA) is 29.3 Å². The Morgan fingerprint density at radius 3 is 2.68 bits per heavy atom. The molecule has 0 saturated heterocycles. The van der Waals surface area contributed by atoms with Gasteiger partial charge < -0.3 is 5.73 Å². The van der Waals surface area contributed by atoms with Crippen LogP contribution in [0.2, 0.25) is 0 Å². The summed E-state index contributed by atoms with van der Waals surface area (Å²) in [5.74, 6) is 0.856. The molecule has 1 aromatic carbocycles. The van der Waals surface area contributed by atoms with Crippen LogP contribution in [0.15, 0.2) is 18.2 Å². The summed E-state index contributed by atoms with van der Waals surface area (Å²) in [6.07, 6.45) is 6.63. The van der Waals surface area contributed by atoms with E-state index in [-0.39, 0.29) is 12.4 Å². The molecule has 1 fully saturated rings. The van der Waals surface area contributed by atoms with E-state index < -0.39 is 0 Å². The molecule has 0 aliphatic heterocycles. The Labute approximate surface area is 122 Å². The summed E-state index contributed by atoms with van der Waals surface area (Å²) >= 11 is 0. The van der Waals surface area contributed by atoms with Crippen LogP contribution in [-0.2, 0) is 19.4 Å². The van der Waals surface area contributed by atoms with Crippen molar-refractivity contribution in [3.63, 3.8) is 0 Å². The third-order valence-corrected chi connectivity index (χ3v) is 4.57. The first-order valence-corrected chi connectivity index (χ1v) is 7.29. The molecule has 0 aromatic heterocycles. The van der Waals surface area contributed by atoms with Crippen LogP contribution in [0.3, 0.4) is 0 Å². The standard InChI is InChI=1S/C16H24N2.ClH/c1-18(16(10-17)14-7-8-14)11-12-5-6-13-3-2-4-15(13)9-12;/h5-6,9,14,16H,2-4,7-8,10-11,17H2,1H3;1H. The van der Waals surface area contributed by atoms with Crippen LogP contribution in [0.5, 0.6) is 0 Å². The van der Waals surface area contributed by atoms with Crippen molar-refractivity contribution in [2.45, 2.75) is 44.7 Å². The molecular weight excluding hydrogens is 256 g/mol. The van der Waals surface area contributed by atoms with E-state index in [1.807, 2.05) is 0 Å². The number of rotatable bonds is 5. The summed E-state index contributed by atoms with van der Waals surface area (Å²) in [5.41, 5.74) is 10.5. The molecule has 1 unspecified atom stereocenters. The lowest BCUT2D eigenvalue weighted by Gasteiger charge is -2.27. The summed E-state index contributed by atoms with van der Waals surface area (Å²) < 4.78 is 0. The lowest BCUT2D eigenvalue weighted by atomic mass is 10.0. The van der Waals surface area contributed by atoms with Gasteiger partial charge in [-0.1, -0.05) is 18.2 Å². The second-order valence-corrected chi connectivity index (χ2v) is 6.01. The van der Waals surface area contributed by atoms with E-state index in [1.165, 1.54) is 37.7 Å². The molecule has 0 bridgehead atoms. The van der Waals surface area contributed by atoms with Crippen LogP contribution in [0.4, 0.5) is 0 Å². The Morgan fingerprint density at radius 1 is 1.26 bits per heavy atom. The molecule has 3 heteroatoms. The van der Waals surface area contributed by atoms with E-state index in [9.17, 15) is 0 Å². The Bertz CT molecular complexity index is 429. The van der Waals surface area contributed by atoms with Crippen LogP contribution in [-0.4, -0.2) is 24.5 Å². The number of likely N-dealkylation sites (N-methyl/N-ethyl adjacent to an activating group) is 1. The number of halogens is 1. The van der Waals surface area contributed by atoms with Crippen molar-refractivity contribution in [2.24, 2.45) is 11.7 Å². The summed E-state index contributed by atoms with van der Waals surface area (Å²) in [7, 11) is 2.23. The van der Waals surface area contributed by atoms with Gasteiger partial charge in [-0.2, -0.15) is 0 Å². The molecule has 1 saturated carbocycles. The monoisotopic (exact) mass is 280 g/mol. The van der Waals surface area contributed by atoms with E-state index >= 15 is 0 Å². The predicted octanol–water partition coefficient (Wildman–Crippen LogP) is 2.77. The van der Waals surface area contributed by atoms with Gasteiger partial charge in [0.1, 0.15) is 0 Å². The Morgan fingerprint density at radius 2 is 2.00 bits per heavy atom. The van der Waals surface area contributed by atoms with Gasteiger partial charge in [-0.3, -0.25) is 4.90 Å². The van der Waals surface area contributed by atoms with Gasteiger partial charge in [0.05, 0.1) is 0 Å². The van der Waals surface area contributed by atoms with Crippen LogP contribution in [0, 0.1) is 5.92 Å². The fourth-order valence-corrected chi connectivity index (χ4v) is 3.34. The van der Waals surface area contributed by atoms with Crippen molar-refractivity contribution in [1.29, 1.82) is 0 Å². The highest BCUT2D eigenvalue weighted by molar-refractivity contribution is 5.85. The fourth-order valence-electron chi connectivity index (χ4n) is 3.34. The molecule has 2 nitrogen and oxygen atoms in total. The number of nitrogens with zero attached hydrogens (tertiary/aromatic N) is 1. The number of aryl methyl sites for hydroxylation is 2. The van der Waals surface area contributed by atoms with E-state index in [2.05, 4.69) is 30.1 Å². The summed E-state index contributed by atoms with van der Waals surface area (Å²) in [6, 6.07) is 7.64. The number of benzene rings is 1. The van der Waals surface area contributed by atoms with Crippen LogP contribution < -0.4 is 5.73 Å². The number of fused-ring (bicyclic) bond motifs is 1. The molecule has 0 heterocycles. The van der Waals surface area contributed by atoms with Gasteiger partial charge in [-0.15, -0.1) is 12.4 Å². The zero-order valence-electron chi connectivity index (χ0n) is 11.8. The van der Waals surface area contributed by atoms with Gasteiger partial charge in [0.2, 0.25) is 0 Å². The minimum atomic E-state index is 0. The van der Waals surface area contributed by atoms with Gasteiger partial charge in [-0.25, -0.2) is 0 Å². The first-order valence-electron chi connectivity index (χ1n) is 7.29. The van der Waals surface area contributed by atoms with Gasteiger partial charge in [0, 0.05) is 19.1 Å². The zero-order chi connectivity index (χ0) is 12.5. The highest BCUT2D eigenvalue weighted by Gasteiger charge is 2.32. The molecule has 3 rings (SSSR count). The first-order chi connectivity index (χ1) is 8.78. The minimum absolute atomic E-state index is 0. The second kappa shape index (κ2) is 6.25. The normalized spacial score (nSPS) is 19.1. The lowest BCUT2D eigenvalue weighted by molar-refractivity contribution is 0.215. The van der Waals surface area contributed by atoms with Crippen molar-refractivity contribution in [2.75, 3.05) is 13.6 Å². The predicted molar refractivity (Wildman–Crippen MR) is 82.7 cm³/mol. The Kier molecular flexibility index (Phi) is 4.88. The van der Waals surface area contributed by atoms with Crippen molar-refractivity contribution in [3.8, 4) is 0 Å². The van der Waals surface area contributed by atoms with Crippen molar-refractivity contribution < 1.29 is 0 Å². The maximum atomic E-state index is 5.92. The van der Waals surface area contributed by atoms with Gasteiger partial charge >= 0.3 is 0 Å². The summed E-state index contributed by atoms with van der Waals surface area (Å²) in [5, 5.41) is 0. The van der Waals surface area contributed by atoms with Gasteiger partial charge in [0.25, 0.3) is 0 Å². The fraction of sp³-hybridized carbons (Fsp3) is 0.625. The third kappa shape index (κ3) is 3.31. The lowest BCUT2D eigenvalue weighted by Crippen LogP contribution is -2.39. The molecule has 0 radical (unpaired) electrons. The van der Waals surface area contributed by atoms with E-state index in [0.29, 0.717) is 6.04 Å². The quantitative estimate of drug-likeness (QED) is 0.899. The average molecular weight is 281 g/mol. The molecule has 0 amide bonds. The average Bonchev–Trinajstić information content (AvgIpc) is 3.08. The van der Waals surface area contributed by atoms with Gasteiger partial charge in [0.15, 0.2) is 0 Å². The van der Waals surface area contributed by atoms with Crippen molar-refractivity contribution in [1.82, 2.24) is 4.90 Å². The molecule has 0 spiro atoms. The largest absolute Gasteiger partial charge is 0.329 e. The smallest absolute Gasteiger partial charge is 0.0247 e. The third-order valence-electron chi connectivity index (χ3n) is 4.57. The van der Waals surface area contributed by atoms with Crippen LogP contribution in [0.25, 0.3) is 0 Å². The number of nitrogens with two attached hydrogens (primary N) is 1. The molecule has 106 valence electrons. The molecule has 19 heavy (non-hydrogen) atoms. The second-order valence-electron chi connectivity index (χ2n) is 6.01. The molecule has 2 aliphatic rings. The van der Waals surface area contributed by atoms with Crippen molar-refractivity contribution >= 4 is 12.4 Å². The molecule has 2 N–H and O–H groups in total. The van der Waals surface area contributed by atoms with E-state index in [0.717, 1.165) is 19.0 Å². The molecular formula is C16H25ClN2. The van der Waals surface area contributed by atoms with Gasteiger partial charge in [-0.05, 0) is 61.8 Å². The Hall–Kier alpha value is -0.570. The highest BCUT2D eigenvalue weighted by atomic mass is 35.5. The molecule has 1 aromatic rings. The summed E-state index contributed by atoms with van der Waals surface area (Å²) in [4.78, 5) is 2.45. The molecule has 2 aliphatic carbocycles. The highest BCUT2D eigenvalue weighted by Crippen LogP contribution is 2.35. The first kappa shape index (κ1) is 14.8. The number of hydrogen-bond acceptors (Lipinski definition) is 2. The maximum Gasteiger partial charge on any atom is 0.0247 e. The SMILES string of the molecule is CN(Cc1ccc2c(c1)CCC2)C(CN)C1CC1.Cl. The zero-order valence-corrected chi connectivity index (χ0v) is 12.6. The van der Waals surface area contributed by atoms with E-state index in [4.69, 9.17) is 5.73 Å². The molecule has 1 atom stereocenters. The van der Waals surface area contributed by atoms with E-state index in [1.54, 1.807) is 11.1 Å². The van der Waals surface area contributed by atoms with Crippen molar-refractivity contribution in [3.05, 3.63) is 34.9 Å². The maximum absolute atomic E-state index is 5.92. The number of hydrogen-bond donors (Lipinski definition) is 1. The van der Waals surface area contributed by atoms with Crippen LogP contribution in [0.1, 0.15) is 36.0 Å².